The predicted octanol–water partition coefficient (Wildman–Crippen LogP) is 4.91. The lowest BCUT2D eigenvalue weighted by molar-refractivity contribution is -0.133. The second-order valence-corrected chi connectivity index (χ2v) is 11.5. The highest BCUT2D eigenvalue weighted by Crippen LogP contribution is 2.49. The zero-order valence-corrected chi connectivity index (χ0v) is 25.5. The van der Waals surface area contributed by atoms with Gasteiger partial charge in [0.25, 0.3) is 11.8 Å². The molecular formula is C34H34F2N4O6. The van der Waals surface area contributed by atoms with E-state index >= 15 is 4.39 Å². The average molecular weight is 633 g/mol. The standard InChI is InChI=1S/C34H34F2N4O6/c1-43-33-28(45-14-2-11-40-12-15-44-16-13-40)20-26-31(39-33)27(7-10-37-26)46-32-25(36)17-23(21-38-32)19-30(42)34(8-9-34)29(41)18-22-3-5-24(35)6-4-22/h3-7,10,17,20-21H,2,8-9,11-16,18-19H2,1H3. The molecule has 1 aliphatic heterocycles. The zero-order valence-electron chi connectivity index (χ0n) is 25.5. The van der Waals surface area contributed by atoms with E-state index in [-0.39, 0.29) is 41.9 Å². The molecule has 0 bridgehead atoms. The number of fused-ring (bicyclic) bond motifs is 1. The lowest BCUT2D eigenvalue weighted by atomic mass is 9.88. The van der Waals surface area contributed by atoms with E-state index in [1.807, 2.05) is 0 Å². The fourth-order valence-electron chi connectivity index (χ4n) is 5.53. The van der Waals surface area contributed by atoms with Crippen molar-refractivity contribution in [2.24, 2.45) is 5.41 Å². The van der Waals surface area contributed by atoms with Gasteiger partial charge in [0.15, 0.2) is 28.9 Å². The van der Waals surface area contributed by atoms with Gasteiger partial charge < -0.3 is 18.9 Å². The molecule has 240 valence electrons. The second kappa shape index (κ2) is 13.8. The Labute approximate surface area is 264 Å². The van der Waals surface area contributed by atoms with Crippen LogP contribution in [0.1, 0.15) is 30.4 Å². The summed E-state index contributed by atoms with van der Waals surface area (Å²) in [6.07, 6.45) is 4.45. The minimum absolute atomic E-state index is 0.0344. The van der Waals surface area contributed by atoms with Gasteiger partial charge >= 0.3 is 0 Å². The predicted molar refractivity (Wildman–Crippen MR) is 163 cm³/mol. The molecule has 4 aromatic rings. The van der Waals surface area contributed by atoms with E-state index in [1.54, 1.807) is 12.1 Å². The van der Waals surface area contributed by atoms with Crippen molar-refractivity contribution < 1.29 is 37.3 Å². The Bertz CT molecular complexity index is 1730. The molecular weight excluding hydrogens is 598 g/mol. The number of ketones is 2. The highest BCUT2D eigenvalue weighted by Gasteiger charge is 2.54. The highest BCUT2D eigenvalue weighted by atomic mass is 19.1. The van der Waals surface area contributed by atoms with Crippen molar-refractivity contribution in [1.29, 1.82) is 0 Å². The third-order valence-corrected chi connectivity index (χ3v) is 8.31. The van der Waals surface area contributed by atoms with Crippen LogP contribution in [0.3, 0.4) is 0 Å². The maximum Gasteiger partial charge on any atom is 0.257 e. The van der Waals surface area contributed by atoms with Crippen LogP contribution in [0.2, 0.25) is 0 Å². The SMILES string of the molecule is COc1nc2c(Oc3ncc(CC(=O)C4(C(=O)Cc5ccc(F)cc5)CC4)cc3F)ccnc2cc1OCCCN1CCOCC1. The first-order chi connectivity index (χ1) is 22.3. The number of benzene rings is 1. The Morgan fingerprint density at radius 1 is 0.935 bits per heavy atom. The number of carbonyl (C=O) groups excluding carboxylic acids is 2. The van der Waals surface area contributed by atoms with Crippen LogP contribution in [-0.2, 0) is 27.2 Å². The number of hydrogen-bond acceptors (Lipinski definition) is 10. The minimum Gasteiger partial charge on any atom is -0.488 e. The van der Waals surface area contributed by atoms with E-state index < -0.39 is 17.0 Å². The molecule has 0 spiro atoms. The van der Waals surface area contributed by atoms with Gasteiger partial charge in [-0.1, -0.05) is 12.1 Å². The van der Waals surface area contributed by atoms with Gasteiger partial charge in [-0.05, 0) is 48.6 Å². The molecule has 0 amide bonds. The molecule has 10 nitrogen and oxygen atoms in total. The van der Waals surface area contributed by atoms with E-state index in [4.69, 9.17) is 18.9 Å². The van der Waals surface area contributed by atoms with Gasteiger partial charge in [0.1, 0.15) is 11.3 Å². The van der Waals surface area contributed by atoms with Gasteiger partial charge in [-0.15, -0.1) is 0 Å². The number of Topliss-reactive ketones (excluding diaryl/α,β-unsaturated/α-hetero) is 2. The normalized spacial score (nSPS) is 15.8. The largest absolute Gasteiger partial charge is 0.488 e. The van der Waals surface area contributed by atoms with Gasteiger partial charge in [-0.3, -0.25) is 19.5 Å². The Hall–Kier alpha value is -4.55. The molecule has 4 heterocycles. The summed E-state index contributed by atoms with van der Waals surface area (Å²) >= 11 is 0. The lowest BCUT2D eigenvalue weighted by Crippen LogP contribution is -2.37. The molecule has 6 rings (SSSR count). The van der Waals surface area contributed by atoms with Crippen molar-refractivity contribution in [1.82, 2.24) is 19.9 Å². The smallest absolute Gasteiger partial charge is 0.257 e. The Kier molecular flexibility index (Phi) is 9.46. The van der Waals surface area contributed by atoms with Crippen LogP contribution in [0, 0.1) is 17.0 Å². The molecule has 0 N–H and O–H groups in total. The molecule has 0 unspecified atom stereocenters. The first kappa shape index (κ1) is 31.4. The number of aromatic nitrogens is 3. The number of morpholine rings is 1. The zero-order chi connectivity index (χ0) is 32.1. The number of hydrogen-bond donors (Lipinski definition) is 0. The fourth-order valence-corrected chi connectivity index (χ4v) is 5.53. The first-order valence-electron chi connectivity index (χ1n) is 15.2. The number of ether oxygens (including phenoxy) is 4. The fraction of sp³-hybridized carbons (Fsp3) is 0.382. The third kappa shape index (κ3) is 7.13. The van der Waals surface area contributed by atoms with E-state index in [9.17, 15) is 14.0 Å². The molecule has 1 saturated carbocycles. The van der Waals surface area contributed by atoms with Crippen molar-refractivity contribution in [3.8, 4) is 23.3 Å². The van der Waals surface area contributed by atoms with Crippen LogP contribution in [0.25, 0.3) is 11.0 Å². The Morgan fingerprint density at radius 3 is 2.37 bits per heavy atom. The lowest BCUT2D eigenvalue weighted by Gasteiger charge is -2.26. The van der Waals surface area contributed by atoms with Gasteiger partial charge in [0.2, 0.25) is 0 Å². The monoisotopic (exact) mass is 632 g/mol. The van der Waals surface area contributed by atoms with Crippen LogP contribution in [0.5, 0.6) is 23.3 Å². The molecule has 12 heteroatoms. The van der Waals surface area contributed by atoms with Crippen molar-refractivity contribution >= 4 is 22.6 Å². The van der Waals surface area contributed by atoms with Crippen molar-refractivity contribution in [3.05, 3.63) is 77.6 Å². The first-order valence-corrected chi connectivity index (χ1v) is 15.2. The topological polar surface area (TPSA) is 113 Å². The summed E-state index contributed by atoms with van der Waals surface area (Å²) < 4.78 is 51.1. The summed E-state index contributed by atoms with van der Waals surface area (Å²) in [6, 6.07) is 10.1. The molecule has 2 fully saturated rings. The number of rotatable bonds is 14. The van der Waals surface area contributed by atoms with Gasteiger partial charge in [0, 0.05) is 57.0 Å². The van der Waals surface area contributed by atoms with E-state index in [0.29, 0.717) is 47.4 Å². The second-order valence-electron chi connectivity index (χ2n) is 11.5. The molecule has 1 aromatic carbocycles. The number of halogens is 2. The summed E-state index contributed by atoms with van der Waals surface area (Å²) in [5.41, 5.74) is 0.663. The number of carbonyl (C=O) groups is 2. The average Bonchev–Trinajstić information content (AvgIpc) is 3.88. The van der Waals surface area contributed by atoms with E-state index in [1.165, 1.54) is 49.8 Å². The van der Waals surface area contributed by atoms with Gasteiger partial charge in [0.05, 0.1) is 37.9 Å². The maximum atomic E-state index is 15.2. The summed E-state index contributed by atoms with van der Waals surface area (Å²) in [6.45, 7) is 4.66. The molecule has 2 aliphatic rings. The Morgan fingerprint density at radius 2 is 1.67 bits per heavy atom. The third-order valence-electron chi connectivity index (χ3n) is 8.31. The quantitative estimate of drug-likeness (QED) is 0.140. The van der Waals surface area contributed by atoms with Crippen LogP contribution >= 0.6 is 0 Å². The van der Waals surface area contributed by atoms with E-state index in [2.05, 4.69) is 19.9 Å². The summed E-state index contributed by atoms with van der Waals surface area (Å²) in [5.74, 6) is -1.09. The van der Waals surface area contributed by atoms with Crippen LogP contribution < -0.4 is 14.2 Å². The Balaban J connectivity index is 1.10. The number of pyridine rings is 3. The summed E-state index contributed by atoms with van der Waals surface area (Å²) in [4.78, 5) is 41.5. The molecule has 1 aliphatic carbocycles. The van der Waals surface area contributed by atoms with Crippen molar-refractivity contribution in [2.45, 2.75) is 32.1 Å². The van der Waals surface area contributed by atoms with E-state index in [0.717, 1.165) is 39.3 Å². The highest BCUT2D eigenvalue weighted by molar-refractivity contribution is 6.10. The molecule has 1 saturated heterocycles. The molecule has 46 heavy (non-hydrogen) atoms. The summed E-state index contributed by atoms with van der Waals surface area (Å²) in [5, 5.41) is 0. The van der Waals surface area contributed by atoms with Crippen molar-refractivity contribution in [2.75, 3.05) is 46.6 Å². The number of methoxy groups -OCH3 is 1. The molecule has 0 atom stereocenters. The molecule has 3 aromatic heterocycles. The van der Waals surface area contributed by atoms with Gasteiger partial charge in [-0.25, -0.2) is 18.7 Å². The van der Waals surface area contributed by atoms with Crippen molar-refractivity contribution in [3.63, 3.8) is 0 Å². The summed E-state index contributed by atoms with van der Waals surface area (Å²) in [7, 11) is 1.48. The van der Waals surface area contributed by atoms with Crippen LogP contribution in [0.4, 0.5) is 8.78 Å². The minimum atomic E-state index is -1.09. The van der Waals surface area contributed by atoms with Crippen LogP contribution in [-0.4, -0.2) is 78.0 Å². The molecule has 0 radical (unpaired) electrons. The van der Waals surface area contributed by atoms with Crippen LogP contribution in [0.15, 0.2) is 54.9 Å². The maximum absolute atomic E-state index is 15.2. The van der Waals surface area contributed by atoms with Gasteiger partial charge in [-0.2, -0.15) is 0 Å². The number of nitrogens with zero attached hydrogens (tertiary/aromatic N) is 4.